The minimum absolute atomic E-state index is 0.0688. The Morgan fingerprint density at radius 3 is 2.74 bits per heavy atom. The summed E-state index contributed by atoms with van der Waals surface area (Å²) < 4.78 is 22.5. The molecule has 3 N–H and O–H groups in total. The quantitative estimate of drug-likeness (QED) is 0.645. The van der Waals surface area contributed by atoms with Crippen LogP contribution in [0, 0.1) is 0 Å². The van der Waals surface area contributed by atoms with Crippen LogP contribution in [0.1, 0.15) is 36.8 Å². The van der Waals surface area contributed by atoms with Crippen molar-refractivity contribution in [2.45, 2.75) is 37.6 Å². The van der Waals surface area contributed by atoms with Crippen molar-refractivity contribution >= 4 is 5.97 Å². The van der Waals surface area contributed by atoms with Gasteiger partial charge in [0.25, 0.3) is 0 Å². The Bertz CT molecular complexity index is 543. The molecule has 6 heteroatoms. The lowest BCUT2D eigenvalue weighted by Crippen LogP contribution is -2.47. The van der Waals surface area contributed by atoms with Crippen molar-refractivity contribution < 1.29 is 23.8 Å². The highest BCUT2D eigenvalue weighted by Crippen LogP contribution is 2.43. The molecule has 0 aromatic heterocycles. The summed E-state index contributed by atoms with van der Waals surface area (Å²) in [7, 11) is 0. The fourth-order valence-corrected chi connectivity index (χ4v) is 2.46. The van der Waals surface area contributed by atoms with E-state index in [0.29, 0.717) is 24.9 Å². The second-order valence-electron chi connectivity index (χ2n) is 6.18. The van der Waals surface area contributed by atoms with E-state index in [2.05, 4.69) is 0 Å². The molecule has 1 aromatic carbocycles. The fourth-order valence-electron chi connectivity index (χ4n) is 2.46. The van der Waals surface area contributed by atoms with Crippen molar-refractivity contribution in [1.29, 1.82) is 0 Å². The fraction of sp³-hybridized carbons (Fsp3) is 0.588. The third-order valence-corrected chi connectivity index (χ3v) is 3.90. The number of hydrogen-bond donors (Lipinski definition) is 2. The zero-order chi connectivity index (χ0) is 16.9. The Labute approximate surface area is 135 Å². The lowest BCUT2D eigenvalue weighted by molar-refractivity contribution is -0.142. The minimum Gasteiger partial charge on any atom is -0.491 e. The predicted molar refractivity (Wildman–Crippen MR) is 84.6 cm³/mol. The van der Waals surface area contributed by atoms with Gasteiger partial charge in [0.1, 0.15) is 24.6 Å². The number of carboxylic acids is 1. The van der Waals surface area contributed by atoms with Crippen LogP contribution in [0.3, 0.4) is 0 Å². The van der Waals surface area contributed by atoms with Crippen molar-refractivity contribution in [2.24, 2.45) is 5.73 Å². The Morgan fingerprint density at radius 1 is 1.39 bits per heavy atom. The zero-order valence-corrected chi connectivity index (χ0v) is 13.4. The van der Waals surface area contributed by atoms with Gasteiger partial charge < -0.3 is 20.3 Å². The molecule has 1 saturated carbocycles. The van der Waals surface area contributed by atoms with Crippen LogP contribution in [-0.2, 0) is 16.0 Å². The molecule has 0 aliphatic heterocycles. The second kappa shape index (κ2) is 7.75. The first-order chi connectivity index (χ1) is 10.9. The maximum Gasteiger partial charge on any atom is 0.323 e. The van der Waals surface area contributed by atoms with E-state index < -0.39 is 18.2 Å². The van der Waals surface area contributed by atoms with Gasteiger partial charge in [-0.3, -0.25) is 4.79 Å². The first-order valence-corrected chi connectivity index (χ1v) is 7.85. The van der Waals surface area contributed by atoms with Gasteiger partial charge >= 0.3 is 5.97 Å². The molecule has 0 amide bonds. The van der Waals surface area contributed by atoms with Gasteiger partial charge in [0, 0.05) is 6.42 Å². The van der Waals surface area contributed by atoms with E-state index in [9.17, 15) is 14.3 Å². The molecule has 1 fully saturated rings. The number of ether oxygens (including phenoxy) is 2. The summed E-state index contributed by atoms with van der Waals surface area (Å²) in [5.41, 5.74) is 6.65. The van der Waals surface area contributed by atoms with E-state index in [1.54, 1.807) is 0 Å². The molecule has 23 heavy (non-hydrogen) atoms. The van der Waals surface area contributed by atoms with E-state index in [-0.39, 0.29) is 13.0 Å². The van der Waals surface area contributed by atoms with Gasteiger partial charge in [0.15, 0.2) is 0 Å². The van der Waals surface area contributed by atoms with Crippen LogP contribution in [0.2, 0.25) is 0 Å². The largest absolute Gasteiger partial charge is 0.491 e. The zero-order valence-electron chi connectivity index (χ0n) is 13.4. The average Bonchev–Trinajstić information content (AvgIpc) is 3.31. The Kier molecular flexibility index (Phi) is 5.96. The molecule has 2 rings (SSSR count). The van der Waals surface area contributed by atoms with Crippen molar-refractivity contribution in [1.82, 2.24) is 0 Å². The molecule has 0 radical (unpaired) electrons. The van der Waals surface area contributed by atoms with Gasteiger partial charge in [-0.15, -0.1) is 0 Å². The Morgan fingerprint density at radius 2 is 2.13 bits per heavy atom. The number of benzene rings is 1. The van der Waals surface area contributed by atoms with Crippen LogP contribution in [0.25, 0.3) is 0 Å². The number of halogens is 1. The molecule has 0 saturated heterocycles. The standard InChI is InChI=1S/C17H24FNO4/c1-17(19,16(20)21)11-13-10-14(23-9-8-22-7-6-18)4-5-15(13)12-2-3-12/h4-5,10,12H,2-3,6-9,11,19H2,1H3,(H,20,21). The third-order valence-electron chi connectivity index (χ3n) is 3.90. The average molecular weight is 325 g/mol. The van der Waals surface area contributed by atoms with Crippen molar-refractivity contribution in [3.05, 3.63) is 29.3 Å². The molecule has 1 atom stereocenters. The molecule has 1 aliphatic rings. The summed E-state index contributed by atoms with van der Waals surface area (Å²) in [6.07, 6.45) is 2.50. The van der Waals surface area contributed by atoms with E-state index in [4.69, 9.17) is 15.2 Å². The molecule has 0 bridgehead atoms. The summed E-state index contributed by atoms with van der Waals surface area (Å²) in [4.78, 5) is 11.3. The van der Waals surface area contributed by atoms with Crippen LogP contribution in [0.15, 0.2) is 18.2 Å². The van der Waals surface area contributed by atoms with Crippen molar-refractivity contribution in [3.63, 3.8) is 0 Å². The number of hydrogen-bond acceptors (Lipinski definition) is 4. The maximum atomic E-state index is 11.9. The van der Waals surface area contributed by atoms with Crippen LogP contribution in [0.4, 0.5) is 4.39 Å². The molecular formula is C17H24FNO4. The molecule has 0 spiro atoms. The van der Waals surface area contributed by atoms with E-state index in [1.807, 2.05) is 18.2 Å². The van der Waals surface area contributed by atoms with Gasteiger partial charge in [-0.1, -0.05) is 6.07 Å². The molecule has 1 aromatic rings. The molecule has 128 valence electrons. The van der Waals surface area contributed by atoms with Crippen molar-refractivity contribution in [2.75, 3.05) is 26.5 Å². The number of rotatable bonds is 10. The minimum atomic E-state index is -1.31. The van der Waals surface area contributed by atoms with Crippen LogP contribution in [-0.4, -0.2) is 43.1 Å². The van der Waals surface area contributed by atoms with Crippen LogP contribution in [0.5, 0.6) is 5.75 Å². The van der Waals surface area contributed by atoms with Gasteiger partial charge in [-0.05, 0) is 48.9 Å². The highest BCUT2D eigenvalue weighted by atomic mass is 19.1. The SMILES string of the molecule is CC(N)(Cc1cc(OCCOCCF)ccc1C1CC1)C(=O)O. The Hall–Kier alpha value is -1.66. The summed E-state index contributed by atoms with van der Waals surface area (Å²) in [6.45, 7) is 1.71. The normalized spacial score (nSPS) is 16.8. The molecular weight excluding hydrogens is 301 g/mol. The molecule has 5 nitrogen and oxygen atoms in total. The van der Waals surface area contributed by atoms with Gasteiger partial charge in [-0.25, -0.2) is 4.39 Å². The first-order valence-electron chi connectivity index (χ1n) is 7.85. The summed E-state index contributed by atoms with van der Waals surface area (Å²) in [5, 5.41) is 9.24. The number of alkyl halides is 1. The first kappa shape index (κ1) is 17.7. The second-order valence-corrected chi connectivity index (χ2v) is 6.18. The monoisotopic (exact) mass is 325 g/mol. The predicted octanol–water partition coefficient (Wildman–Crippen LogP) is 2.27. The molecule has 1 aliphatic carbocycles. The van der Waals surface area contributed by atoms with Crippen LogP contribution < -0.4 is 10.5 Å². The van der Waals surface area contributed by atoms with Gasteiger partial charge in [-0.2, -0.15) is 0 Å². The smallest absolute Gasteiger partial charge is 0.323 e. The van der Waals surface area contributed by atoms with Crippen molar-refractivity contribution in [3.8, 4) is 5.75 Å². The highest BCUT2D eigenvalue weighted by Gasteiger charge is 2.32. The number of nitrogens with two attached hydrogens (primary N) is 1. The maximum absolute atomic E-state index is 11.9. The molecule has 1 unspecified atom stereocenters. The number of carbonyl (C=O) groups is 1. The van der Waals surface area contributed by atoms with E-state index in [0.717, 1.165) is 24.0 Å². The summed E-state index contributed by atoms with van der Waals surface area (Å²) in [5.74, 6) is 0.121. The van der Waals surface area contributed by atoms with Crippen LogP contribution >= 0.6 is 0 Å². The number of aliphatic carboxylic acids is 1. The lowest BCUT2D eigenvalue weighted by Gasteiger charge is -2.21. The summed E-state index contributed by atoms with van der Waals surface area (Å²) >= 11 is 0. The Balaban J connectivity index is 2.05. The lowest BCUT2D eigenvalue weighted by atomic mass is 9.89. The topological polar surface area (TPSA) is 81.8 Å². The van der Waals surface area contributed by atoms with E-state index in [1.165, 1.54) is 6.92 Å². The van der Waals surface area contributed by atoms with Gasteiger partial charge in [0.2, 0.25) is 0 Å². The number of carboxylic acid groups (broad SMARTS) is 1. The van der Waals surface area contributed by atoms with Gasteiger partial charge in [0.05, 0.1) is 13.2 Å². The summed E-state index contributed by atoms with van der Waals surface area (Å²) in [6, 6.07) is 5.72. The van der Waals surface area contributed by atoms with E-state index >= 15 is 0 Å². The molecule has 0 heterocycles. The highest BCUT2D eigenvalue weighted by molar-refractivity contribution is 5.78. The third kappa shape index (κ3) is 5.18.